The molecule has 7 heteroatoms. The molecule has 0 heterocycles. The molecule has 0 radical (unpaired) electrons. The Morgan fingerprint density at radius 3 is 1.15 bits per heavy atom. The summed E-state index contributed by atoms with van der Waals surface area (Å²) in [6, 6.07) is 0. The van der Waals surface area contributed by atoms with Gasteiger partial charge in [-0.15, -0.1) is 4.90 Å². The smallest absolute Gasteiger partial charge is 0.777 e. The Morgan fingerprint density at radius 1 is 0.615 bits per heavy atom. The molecule has 0 aliphatic heterocycles. The molecule has 0 aliphatic rings. The second kappa shape index (κ2) is 6.55. The molecule has 0 aliphatic carbocycles. The van der Waals surface area contributed by atoms with Gasteiger partial charge in [-0.1, -0.05) is 31.9 Å². The summed E-state index contributed by atoms with van der Waals surface area (Å²) in [6.07, 6.45) is 0. The maximum atomic E-state index is 5.15. The maximum Gasteiger partial charge on any atom is 1.00 e. The third-order valence-corrected chi connectivity index (χ3v) is 8.20. The van der Waals surface area contributed by atoms with Crippen molar-refractivity contribution in [2.24, 2.45) is 0 Å². The van der Waals surface area contributed by atoms with Crippen LogP contribution in [0.25, 0.3) is 0 Å². The van der Waals surface area contributed by atoms with Crippen molar-refractivity contribution in [3.63, 3.8) is 0 Å². The van der Waals surface area contributed by atoms with E-state index < -0.39 is 0 Å². The molecule has 1 aromatic carbocycles. The van der Waals surface area contributed by atoms with Crippen molar-refractivity contribution in [1.29, 1.82) is 0 Å². The first-order valence-electron chi connectivity index (χ1n) is 2.65. The summed E-state index contributed by atoms with van der Waals surface area (Å²) in [5.41, 5.74) is 0. The molecule has 0 nitrogen and oxygen atoms in total. The van der Waals surface area contributed by atoms with E-state index in [4.69, 9.17) is 12.6 Å². The van der Waals surface area contributed by atoms with Crippen LogP contribution in [0.5, 0.6) is 0 Å². The molecule has 0 spiro atoms. The van der Waals surface area contributed by atoms with Crippen LogP contribution in [0.15, 0.2) is 27.3 Å². The van der Waals surface area contributed by atoms with Crippen LogP contribution in [0.2, 0.25) is 0 Å². The van der Waals surface area contributed by atoms with Crippen LogP contribution < -0.4 is 29.6 Å². The van der Waals surface area contributed by atoms with Gasteiger partial charge in [0.25, 0.3) is 0 Å². The van der Waals surface area contributed by atoms with Crippen LogP contribution in [0, 0.1) is 0 Å². The Balaban J connectivity index is 0.00000144. The van der Waals surface area contributed by atoms with Gasteiger partial charge in [0.15, 0.2) is 0 Å². The topological polar surface area (TPSA) is 0 Å². The minimum atomic E-state index is 0. The zero-order chi connectivity index (χ0) is 9.46. The van der Waals surface area contributed by atoms with Crippen molar-refractivity contribution in [2.45, 2.75) is 4.90 Å². The minimum Gasteiger partial charge on any atom is -0.777 e. The average Bonchev–Trinajstić information content (AvgIpc) is 2.08. The van der Waals surface area contributed by atoms with E-state index >= 15 is 0 Å². The molecule has 66 valence electrons. The van der Waals surface area contributed by atoms with Crippen LogP contribution in [-0.2, 0) is 12.6 Å². The van der Waals surface area contributed by atoms with Crippen LogP contribution in [-0.4, -0.2) is 0 Å². The quantitative estimate of drug-likeness (QED) is 0.217. The first-order chi connectivity index (χ1) is 5.46. The van der Waals surface area contributed by atoms with Gasteiger partial charge in [0.05, 0.1) is 0 Å². The first kappa shape index (κ1) is 15.8. The number of hydrogen-bond acceptors (Lipinski definition) is 1. The van der Waals surface area contributed by atoms with E-state index in [2.05, 4.69) is 79.6 Å². The third kappa shape index (κ3) is 3.40. The summed E-state index contributed by atoms with van der Waals surface area (Å²) in [5.74, 6) is 0. The van der Waals surface area contributed by atoms with Gasteiger partial charge < -0.3 is 12.6 Å². The fourth-order valence-electron chi connectivity index (χ4n) is 0.585. The Bertz CT molecular complexity index is 235. The molecule has 1 aromatic rings. The van der Waals surface area contributed by atoms with E-state index in [9.17, 15) is 0 Å². The van der Waals surface area contributed by atoms with Gasteiger partial charge in [-0.05, 0) is 47.8 Å². The van der Waals surface area contributed by atoms with E-state index in [1.54, 1.807) is 0 Å². The third-order valence-electron chi connectivity index (χ3n) is 1.17. The van der Waals surface area contributed by atoms with Gasteiger partial charge in [-0.25, -0.2) is 0 Å². The van der Waals surface area contributed by atoms with E-state index in [0.717, 1.165) is 27.3 Å². The first-order valence-corrected chi connectivity index (χ1v) is 7.02. The second-order valence-electron chi connectivity index (χ2n) is 1.90. The molecule has 0 amide bonds. The predicted molar refractivity (Wildman–Crippen MR) is 70.6 cm³/mol. The van der Waals surface area contributed by atoms with Crippen molar-refractivity contribution < 1.29 is 29.6 Å². The molecule has 0 N–H and O–H groups in total. The Hall–Kier alpha value is 2.84. The molecule has 0 bridgehead atoms. The normalized spacial score (nSPS) is 9.62. The molecular weight excluding hydrogens is 527 g/mol. The van der Waals surface area contributed by atoms with E-state index in [0.29, 0.717) is 0 Å². The number of rotatable bonds is 0. The van der Waals surface area contributed by atoms with Crippen molar-refractivity contribution >= 4 is 92.3 Å². The number of benzene rings is 1. The number of halogens is 5. The zero-order valence-electron chi connectivity index (χ0n) is 6.30. The van der Waals surface area contributed by atoms with Crippen LogP contribution in [0.4, 0.5) is 0 Å². The maximum absolute atomic E-state index is 5.15. The van der Waals surface area contributed by atoms with Crippen molar-refractivity contribution in [2.75, 3.05) is 0 Å². The summed E-state index contributed by atoms with van der Waals surface area (Å²) in [6.45, 7) is 0. The van der Waals surface area contributed by atoms with Gasteiger partial charge in [0.1, 0.15) is 0 Å². The minimum absolute atomic E-state index is 0. The molecule has 0 fully saturated rings. The fourth-order valence-corrected chi connectivity index (χ4v) is 4.10. The molecular formula is C6Br5NaS. The molecule has 0 saturated heterocycles. The Morgan fingerprint density at radius 2 is 0.846 bits per heavy atom. The summed E-state index contributed by atoms with van der Waals surface area (Å²) >= 11 is 22.1. The standard InChI is InChI=1S/C6HBr5S.Na/c7-1-2(8)4(10)6(12)5(11)3(1)9;/h12H;/q;+1/p-1. The SMILES string of the molecule is [Na+].[S-]c1c(Br)c(Br)c(Br)c(Br)c1Br. The Labute approximate surface area is 146 Å². The molecule has 0 atom stereocenters. The molecule has 0 saturated carbocycles. The van der Waals surface area contributed by atoms with E-state index in [1.165, 1.54) is 0 Å². The zero-order valence-corrected chi connectivity index (χ0v) is 17.0. The van der Waals surface area contributed by atoms with E-state index in [-0.39, 0.29) is 29.6 Å². The van der Waals surface area contributed by atoms with Crippen LogP contribution >= 0.6 is 79.6 Å². The van der Waals surface area contributed by atoms with E-state index in [1.807, 2.05) is 0 Å². The van der Waals surface area contributed by atoms with Crippen molar-refractivity contribution in [3.8, 4) is 0 Å². The van der Waals surface area contributed by atoms with Gasteiger partial charge >= 0.3 is 29.6 Å². The fraction of sp³-hybridized carbons (Fsp3) is 0. The van der Waals surface area contributed by atoms with Gasteiger partial charge in [-0.3, -0.25) is 0 Å². The van der Waals surface area contributed by atoms with Gasteiger partial charge in [0.2, 0.25) is 0 Å². The number of hydrogen-bond donors (Lipinski definition) is 0. The molecule has 0 aromatic heterocycles. The molecule has 0 unspecified atom stereocenters. The average molecular weight is 527 g/mol. The largest absolute Gasteiger partial charge is 1.00 e. The second-order valence-corrected chi connectivity index (χ2v) is 6.27. The van der Waals surface area contributed by atoms with Crippen molar-refractivity contribution in [1.82, 2.24) is 0 Å². The summed E-state index contributed by atoms with van der Waals surface area (Å²) in [4.78, 5) is 0.747. The molecule has 13 heavy (non-hydrogen) atoms. The van der Waals surface area contributed by atoms with Gasteiger partial charge in [0, 0.05) is 22.4 Å². The van der Waals surface area contributed by atoms with Crippen LogP contribution in [0.1, 0.15) is 0 Å². The van der Waals surface area contributed by atoms with Gasteiger partial charge in [-0.2, -0.15) is 0 Å². The monoisotopic (exact) mass is 522 g/mol. The summed E-state index contributed by atoms with van der Waals surface area (Å²) in [5, 5.41) is 0. The van der Waals surface area contributed by atoms with Crippen LogP contribution in [0.3, 0.4) is 0 Å². The summed E-state index contributed by atoms with van der Waals surface area (Å²) < 4.78 is 4.53. The van der Waals surface area contributed by atoms with Crippen molar-refractivity contribution in [3.05, 3.63) is 22.4 Å². The summed E-state index contributed by atoms with van der Waals surface area (Å²) in [7, 11) is 0. The molecule has 1 rings (SSSR count). The predicted octanol–water partition coefficient (Wildman–Crippen LogP) is 2.41. The Kier molecular flexibility index (Phi) is 7.97.